The molecule has 0 saturated carbocycles. The van der Waals surface area contributed by atoms with Crippen molar-refractivity contribution in [2.75, 3.05) is 13.7 Å². The van der Waals surface area contributed by atoms with Crippen molar-refractivity contribution >= 4 is 23.7 Å². The number of aliphatic hydroxyl groups excluding tert-OH is 1. The molecule has 1 unspecified atom stereocenters. The van der Waals surface area contributed by atoms with E-state index < -0.39 is 29.5 Å². The maximum absolute atomic E-state index is 13.1. The minimum absolute atomic E-state index is 0.0266. The summed E-state index contributed by atoms with van der Waals surface area (Å²) in [5.74, 6) is -1.75. The largest absolute Gasteiger partial charge is 0.503 e. The number of aromatic nitrogens is 2. The first kappa shape index (κ1) is 22.8. The summed E-state index contributed by atoms with van der Waals surface area (Å²) in [6.45, 7) is 0.906. The van der Waals surface area contributed by atoms with Crippen molar-refractivity contribution < 1.29 is 28.6 Å². The second-order valence-corrected chi connectivity index (χ2v) is 7.64. The van der Waals surface area contributed by atoms with Gasteiger partial charge in [0, 0.05) is 25.5 Å². The van der Waals surface area contributed by atoms with Gasteiger partial charge in [0.15, 0.2) is 11.5 Å². The molecule has 0 saturated heterocycles. The average Bonchev–Trinajstić information content (AvgIpc) is 3.61. The van der Waals surface area contributed by atoms with Gasteiger partial charge in [0.2, 0.25) is 0 Å². The number of amides is 1. The van der Waals surface area contributed by atoms with Crippen LogP contribution in [0.25, 0.3) is 6.08 Å². The van der Waals surface area contributed by atoms with Crippen LogP contribution in [0.3, 0.4) is 0 Å². The Labute approximate surface area is 195 Å². The lowest BCUT2D eigenvalue weighted by atomic mass is 9.95. The number of nitrogens with zero attached hydrogens (tertiary/aromatic N) is 3. The molecule has 1 aliphatic heterocycles. The summed E-state index contributed by atoms with van der Waals surface area (Å²) in [5.41, 5.74) is 0.893. The fraction of sp³-hybridized carbons (Fsp3) is 0.200. The summed E-state index contributed by atoms with van der Waals surface area (Å²) in [5, 5.41) is 10.7. The number of allylic oxidation sites excluding steroid dienone is 1. The Hall–Kier alpha value is -4.40. The highest BCUT2D eigenvalue weighted by molar-refractivity contribution is 6.14. The highest BCUT2D eigenvalue weighted by atomic mass is 16.5. The molecule has 174 valence electrons. The number of esters is 1. The number of carbonyl (C=O) groups is 3. The number of ketones is 1. The summed E-state index contributed by atoms with van der Waals surface area (Å²) >= 11 is 0. The highest BCUT2D eigenvalue weighted by Gasteiger charge is 2.42. The molecule has 0 aliphatic carbocycles. The van der Waals surface area contributed by atoms with Crippen LogP contribution in [0.5, 0.6) is 0 Å². The Morgan fingerprint density at radius 1 is 1.21 bits per heavy atom. The number of aliphatic hydroxyl groups is 1. The smallest absolute Gasteiger partial charge is 0.337 e. The second kappa shape index (κ2) is 10.0. The molecule has 3 heterocycles. The van der Waals surface area contributed by atoms with E-state index in [1.165, 1.54) is 30.4 Å². The second-order valence-electron chi connectivity index (χ2n) is 7.64. The van der Waals surface area contributed by atoms with Gasteiger partial charge in [-0.2, -0.15) is 0 Å². The molecule has 1 aromatic carbocycles. The van der Waals surface area contributed by atoms with Gasteiger partial charge in [0.1, 0.15) is 5.76 Å². The molecule has 0 fully saturated rings. The topological polar surface area (TPSA) is 115 Å². The third kappa shape index (κ3) is 4.68. The van der Waals surface area contributed by atoms with Gasteiger partial charge in [-0.3, -0.25) is 9.59 Å². The molecular weight excluding hydrogens is 438 g/mol. The van der Waals surface area contributed by atoms with Gasteiger partial charge in [-0.05, 0) is 48.4 Å². The van der Waals surface area contributed by atoms with Gasteiger partial charge < -0.3 is 23.7 Å². The minimum atomic E-state index is -0.810. The molecule has 9 heteroatoms. The molecular formula is C25H23N3O6. The SMILES string of the molecule is COC(=O)c1ccc(C2C(C(=O)/C=C/c3ccco3)=C(O)C(=O)N2CCCn2ccnc2)cc1. The van der Waals surface area contributed by atoms with Crippen LogP contribution < -0.4 is 0 Å². The number of carbonyl (C=O) groups excluding carboxylic acids is 3. The van der Waals surface area contributed by atoms with Gasteiger partial charge in [-0.1, -0.05) is 12.1 Å². The Morgan fingerprint density at radius 3 is 2.65 bits per heavy atom. The fourth-order valence-electron chi connectivity index (χ4n) is 3.88. The Morgan fingerprint density at radius 2 is 2.00 bits per heavy atom. The fourth-order valence-corrected chi connectivity index (χ4v) is 3.88. The van der Waals surface area contributed by atoms with Crippen LogP contribution in [0.15, 0.2) is 83.2 Å². The molecule has 1 aliphatic rings. The van der Waals surface area contributed by atoms with E-state index in [9.17, 15) is 19.5 Å². The normalized spacial score (nSPS) is 16.0. The number of hydrogen-bond donors (Lipinski definition) is 1. The van der Waals surface area contributed by atoms with Gasteiger partial charge in [-0.25, -0.2) is 9.78 Å². The summed E-state index contributed by atoms with van der Waals surface area (Å²) in [6.07, 6.45) is 9.97. The van der Waals surface area contributed by atoms with Crippen molar-refractivity contribution in [1.29, 1.82) is 0 Å². The predicted octanol–water partition coefficient (Wildman–Crippen LogP) is 3.33. The number of furan rings is 1. The summed E-state index contributed by atoms with van der Waals surface area (Å²) in [6, 6.07) is 8.98. The van der Waals surface area contributed by atoms with Crippen molar-refractivity contribution in [2.45, 2.75) is 19.0 Å². The molecule has 1 amide bonds. The van der Waals surface area contributed by atoms with Gasteiger partial charge in [0.05, 0.1) is 36.9 Å². The maximum atomic E-state index is 13.1. The lowest BCUT2D eigenvalue weighted by molar-refractivity contribution is -0.129. The van der Waals surface area contributed by atoms with Crippen molar-refractivity contribution in [2.24, 2.45) is 0 Å². The number of aryl methyl sites for hydroxylation is 1. The zero-order valence-corrected chi connectivity index (χ0v) is 18.5. The summed E-state index contributed by atoms with van der Waals surface area (Å²) in [4.78, 5) is 43.4. The molecule has 1 atom stereocenters. The minimum Gasteiger partial charge on any atom is -0.503 e. The van der Waals surface area contributed by atoms with E-state index in [-0.39, 0.29) is 5.57 Å². The molecule has 2 aromatic heterocycles. The molecule has 3 aromatic rings. The first-order valence-electron chi connectivity index (χ1n) is 10.6. The zero-order valence-electron chi connectivity index (χ0n) is 18.5. The molecule has 4 rings (SSSR count). The highest BCUT2D eigenvalue weighted by Crippen LogP contribution is 2.38. The van der Waals surface area contributed by atoms with Crippen LogP contribution in [-0.2, 0) is 20.9 Å². The number of rotatable bonds is 9. The van der Waals surface area contributed by atoms with Crippen LogP contribution >= 0.6 is 0 Å². The number of methoxy groups -OCH3 is 1. The van der Waals surface area contributed by atoms with E-state index in [1.54, 1.807) is 48.9 Å². The van der Waals surface area contributed by atoms with E-state index in [0.717, 1.165) is 0 Å². The number of ether oxygens (including phenoxy) is 1. The lowest BCUT2D eigenvalue weighted by Gasteiger charge is -2.26. The molecule has 0 radical (unpaired) electrons. The van der Waals surface area contributed by atoms with Crippen LogP contribution in [-0.4, -0.2) is 50.9 Å². The van der Waals surface area contributed by atoms with Crippen LogP contribution in [0.1, 0.15) is 34.1 Å². The lowest BCUT2D eigenvalue weighted by Crippen LogP contribution is -2.32. The first-order valence-corrected chi connectivity index (χ1v) is 10.6. The third-order valence-electron chi connectivity index (χ3n) is 5.53. The standard InChI is InChI=1S/C25H23N3O6/c1-33-25(32)18-7-5-17(6-8-18)22-21(20(29)10-9-19-4-2-15-34-19)23(30)24(31)28(22)13-3-12-27-14-11-26-16-27/h2,4-11,14-16,22,30H,3,12-13H2,1H3/b10-9+. The molecule has 1 N–H and O–H groups in total. The van der Waals surface area contributed by atoms with Gasteiger partial charge in [0.25, 0.3) is 5.91 Å². The molecule has 0 spiro atoms. The van der Waals surface area contributed by atoms with Crippen molar-refractivity contribution in [1.82, 2.24) is 14.5 Å². The van der Waals surface area contributed by atoms with E-state index in [2.05, 4.69) is 4.98 Å². The zero-order chi connectivity index (χ0) is 24.1. The van der Waals surface area contributed by atoms with Crippen molar-refractivity contribution in [3.63, 3.8) is 0 Å². The third-order valence-corrected chi connectivity index (χ3v) is 5.53. The van der Waals surface area contributed by atoms with Crippen LogP contribution in [0, 0.1) is 0 Å². The monoisotopic (exact) mass is 461 g/mol. The van der Waals surface area contributed by atoms with Crippen molar-refractivity contribution in [3.8, 4) is 0 Å². The average molecular weight is 461 g/mol. The quantitative estimate of drug-likeness (QED) is 0.384. The molecule has 0 bridgehead atoms. The summed E-state index contributed by atoms with van der Waals surface area (Å²) in [7, 11) is 1.29. The summed E-state index contributed by atoms with van der Waals surface area (Å²) < 4.78 is 11.8. The molecule has 9 nitrogen and oxygen atoms in total. The van der Waals surface area contributed by atoms with E-state index >= 15 is 0 Å². The number of benzene rings is 1. The predicted molar refractivity (Wildman–Crippen MR) is 121 cm³/mol. The van der Waals surface area contributed by atoms with E-state index in [1.807, 2.05) is 10.8 Å². The van der Waals surface area contributed by atoms with Crippen LogP contribution in [0.2, 0.25) is 0 Å². The van der Waals surface area contributed by atoms with Gasteiger partial charge >= 0.3 is 5.97 Å². The van der Waals surface area contributed by atoms with E-state index in [4.69, 9.17) is 9.15 Å². The Kier molecular flexibility index (Phi) is 6.72. The Bertz CT molecular complexity index is 1220. The number of hydrogen-bond acceptors (Lipinski definition) is 7. The van der Waals surface area contributed by atoms with E-state index in [0.29, 0.717) is 36.4 Å². The molecule has 34 heavy (non-hydrogen) atoms. The van der Waals surface area contributed by atoms with Gasteiger partial charge in [-0.15, -0.1) is 0 Å². The maximum Gasteiger partial charge on any atom is 0.337 e. The van der Waals surface area contributed by atoms with Crippen molar-refractivity contribution in [3.05, 3.63) is 95.7 Å². The first-order chi connectivity index (χ1) is 16.5. The van der Waals surface area contributed by atoms with Crippen LogP contribution in [0.4, 0.5) is 0 Å². The Balaban J connectivity index is 1.63. The number of imidazole rings is 1.